The topological polar surface area (TPSA) is 66.0 Å². The Morgan fingerprint density at radius 1 is 1.65 bits per heavy atom. The van der Waals surface area contributed by atoms with Crippen molar-refractivity contribution in [2.45, 2.75) is 32.2 Å². The van der Waals surface area contributed by atoms with E-state index >= 15 is 0 Å². The van der Waals surface area contributed by atoms with Gasteiger partial charge in [0.2, 0.25) is 0 Å². The van der Waals surface area contributed by atoms with E-state index in [2.05, 4.69) is 17.2 Å². The first-order valence-electron chi connectivity index (χ1n) is 5.85. The van der Waals surface area contributed by atoms with Gasteiger partial charge in [0.25, 0.3) is 0 Å². The molecule has 0 spiro atoms. The molecule has 1 aliphatic rings. The molecule has 1 aliphatic carbocycles. The molecule has 0 amide bonds. The van der Waals surface area contributed by atoms with Gasteiger partial charge in [-0.3, -0.25) is 0 Å². The van der Waals surface area contributed by atoms with Crippen molar-refractivity contribution in [1.82, 2.24) is 15.0 Å². The summed E-state index contributed by atoms with van der Waals surface area (Å²) in [6, 6.07) is 0. The van der Waals surface area contributed by atoms with Crippen LogP contribution in [0.2, 0.25) is 0 Å². The average molecular weight is 254 g/mol. The first kappa shape index (κ1) is 12.4. The molecule has 0 aliphatic heterocycles. The van der Waals surface area contributed by atoms with Gasteiger partial charge in [0.1, 0.15) is 10.7 Å². The normalized spacial score (nSPS) is 17.1. The summed E-state index contributed by atoms with van der Waals surface area (Å²) in [5.74, 6) is 0.939. The van der Waals surface area contributed by atoms with Gasteiger partial charge in [-0.05, 0) is 18.8 Å². The zero-order chi connectivity index (χ0) is 12.4. The van der Waals surface area contributed by atoms with Crippen LogP contribution in [-0.2, 0) is 11.3 Å². The summed E-state index contributed by atoms with van der Waals surface area (Å²) in [5.41, 5.74) is 7.49. The SMILES string of the molecule is COCC(C)Cn1nnc(C(N)=S)c1C1CC1. The standard InChI is InChI=1S/C11H18N4OS/c1-7(6-16-2)5-15-10(8-3-4-8)9(11(12)17)13-14-15/h7-8H,3-6H2,1-2H3,(H2,12,17). The molecule has 1 atom stereocenters. The lowest BCUT2D eigenvalue weighted by Gasteiger charge is -2.12. The van der Waals surface area contributed by atoms with Crippen molar-refractivity contribution < 1.29 is 4.74 Å². The van der Waals surface area contributed by atoms with E-state index in [4.69, 9.17) is 22.7 Å². The third-order valence-electron chi connectivity index (χ3n) is 2.91. The fourth-order valence-electron chi connectivity index (χ4n) is 2.02. The van der Waals surface area contributed by atoms with Crippen LogP contribution < -0.4 is 5.73 Å². The number of ether oxygens (including phenoxy) is 1. The zero-order valence-corrected chi connectivity index (χ0v) is 11.0. The minimum atomic E-state index is 0.345. The lowest BCUT2D eigenvalue weighted by Crippen LogP contribution is -2.17. The van der Waals surface area contributed by atoms with Crippen LogP contribution in [0.5, 0.6) is 0 Å². The molecule has 94 valence electrons. The maximum absolute atomic E-state index is 5.67. The maximum Gasteiger partial charge on any atom is 0.143 e. The van der Waals surface area contributed by atoms with Crippen LogP contribution in [0.25, 0.3) is 0 Å². The highest BCUT2D eigenvalue weighted by Crippen LogP contribution is 2.41. The van der Waals surface area contributed by atoms with Crippen molar-refractivity contribution >= 4 is 17.2 Å². The van der Waals surface area contributed by atoms with Crippen molar-refractivity contribution in [2.24, 2.45) is 11.7 Å². The highest BCUT2D eigenvalue weighted by atomic mass is 32.1. The number of nitrogens with zero attached hydrogens (tertiary/aromatic N) is 3. The van der Waals surface area contributed by atoms with Gasteiger partial charge in [-0.25, -0.2) is 4.68 Å². The summed E-state index contributed by atoms with van der Waals surface area (Å²) >= 11 is 5.01. The van der Waals surface area contributed by atoms with Gasteiger partial charge in [-0.2, -0.15) is 0 Å². The second kappa shape index (κ2) is 5.10. The van der Waals surface area contributed by atoms with E-state index in [1.807, 2.05) is 4.68 Å². The Morgan fingerprint density at radius 3 is 2.88 bits per heavy atom. The molecule has 17 heavy (non-hydrogen) atoms. The van der Waals surface area contributed by atoms with E-state index in [1.54, 1.807) is 7.11 Å². The Morgan fingerprint density at radius 2 is 2.35 bits per heavy atom. The van der Waals surface area contributed by atoms with Crippen LogP contribution in [0.1, 0.15) is 37.1 Å². The molecule has 0 radical (unpaired) electrons. The average Bonchev–Trinajstić information content (AvgIpc) is 3.00. The number of aromatic nitrogens is 3. The molecule has 1 aromatic heterocycles. The van der Waals surface area contributed by atoms with Crippen molar-refractivity contribution in [2.75, 3.05) is 13.7 Å². The van der Waals surface area contributed by atoms with Crippen molar-refractivity contribution in [1.29, 1.82) is 0 Å². The lowest BCUT2D eigenvalue weighted by molar-refractivity contribution is 0.148. The third-order valence-corrected chi connectivity index (χ3v) is 3.10. The molecule has 1 heterocycles. The number of nitrogens with two attached hydrogens (primary N) is 1. The smallest absolute Gasteiger partial charge is 0.143 e. The quantitative estimate of drug-likeness (QED) is 0.769. The third kappa shape index (κ3) is 2.81. The van der Waals surface area contributed by atoms with Crippen LogP contribution >= 0.6 is 12.2 Å². The molecule has 1 saturated carbocycles. The summed E-state index contributed by atoms with van der Waals surface area (Å²) in [6.07, 6.45) is 2.36. The highest BCUT2D eigenvalue weighted by Gasteiger charge is 2.32. The molecule has 1 fully saturated rings. The Bertz CT molecular complexity index is 414. The maximum atomic E-state index is 5.67. The van der Waals surface area contributed by atoms with E-state index < -0.39 is 0 Å². The summed E-state index contributed by atoms with van der Waals surface area (Å²) in [5, 5.41) is 8.26. The van der Waals surface area contributed by atoms with Gasteiger partial charge in [0.15, 0.2) is 0 Å². The predicted molar refractivity (Wildman–Crippen MR) is 68.9 cm³/mol. The fourth-order valence-corrected chi connectivity index (χ4v) is 2.17. The van der Waals surface area contributed by atoms with Gasteiger partial charge in [-0.1, -0.05) is 24.4 Å². The first-order valence-corrected chi connectivity index (χ1v) is 6.26. The summed E-state index contributed by atoms with van der Waals surface area (Å²) < 4.78 is 7.07. The van der Waals surface area contributed by atoms with Gasteiger partial charge in [0.05, 0.1) is 12.3 Å². The number of hydrogen-bond acceptors (Lipinski definition) is 4. The number of rotatable bonds is 6. The van der Waals surface area contributed by atoms with Gasteiger partial charge in [0, 0.05) is 19.6 Å². The highest BCUT2D eigenvalue weighted by molar-refractivity contribution is 7.80. The molecule has 6 heteroatoms. The van der Waals surface area contributed by atoms with E-state index in [1.165, 1.54) is 12.8 Å². The second-order valence-electron chi connectivity index (χ2n) is 4.70. The molecule has 0 aromatic carbocycles. The lowest BCUT2D eigenvalue weighted by atomic mass is 10.1. The monoisotopic (exact) mass is 254 g/mol. The second-order valence-corrected chi connectivity index (χ2v) is 5.14. The van der Waals surface area contributed by atoms with Crippen LogP contribution in [0, 0.1) is 5.92 Å². The van der Waals surface area contributed by atoms with Crippen LogP contribution in [0.4, 0.5) is 0 Å². The number of methoxy groups -OCH3 is 1. The summed E-state index contributed by atoms with van der Waals surface area (Å²) in [6.45, 7) is 3.64. The minimum absolute atomic E-state index is 0.345. The Hall–Kier alpha value is -1.01. The van der Waals surface area contributed by atoms with Gasteiger partial charge in [-0.15, -0.1) is 5.10 Å². The molecule has 1 aromatic rings. The number of thiocarbonyl (C=S) groups is 1. The molecule has 1 unspecified atom stereocenters. The Kier molecular flexibility index (Phi) is 3.73. The van der Waals surface area contributed by atoms with Gasteiger partial charge >= 0.3 is 0 Å². The van der Waals surface area contributed by atoms with Gasteiger partial charge < -0.3 is 10.5 Å². The van der Waals surface area contributed by atoms with Crippen LogP contribution in [0.15, 0.2) is 0 Å². The molecule has 2 rings (SSSR count). The Labute approximate surface area is 106 Å². The molecule has 0 bridgehead atoms. The van der Waals surface area contributed by atoms with Crippen molar-refractivity contribution in [3.05, 3.63) is 11.4 Å². The zero-order valence-electron chi connectivity index (χ0n) is 10.2. The summed E-state index contributed by atoms with van der Waals surface area (Å²) in [7, 11) is 1.71. The summed E-state index contributed by atoms with van der Waals surface area (Å²) in [4.78, 5) is 0.345. The van der Waals surface area contributed by atoms with Crippen LogP contribution in [0.3, 0.4) is 0 Å². The van der Waals surface area contributed by atoms with Crippen molar-refractivity contribution in [3.63, 3.8) is 0 Å². The van der Waals surface area contributed by atoms with E-state index in [-0.39, 0.29) is 0 Å². The molecule has 2 N–H and O–H groups in total. The fraction of sp³-hybridized carbons (Fsp3) is 0.727. The van der Waals surface area contributed by atoms with Crippen molar-refractivity contribution in [3.8, 4) is 0 Å². The van der Waals surface area contributed by atoms with E-state index in [0.29, 0.717) is 29.1 Å². The minimum Gasteiger partial charge on any atom is -0.388 e. The number of hydrogen-bond donors (Lipinski definition) is 1. The molecule has 5 nitrogen and oxygen atoms in total. The molecule has 0 saturated heterocycles. The molecular weight excluding hydrogens is 236 g/mol. The Balaban J connectivity index is 2.19. The van der Waals surface area contributed by atoms with E-state index in [9.17, 15) is 0 Å². The van der Waals surface area contributed by atoms with Crippen LogP contribution in [-0.4, -0.2) is 33.7 Å². The molecular formula is C11H18N4OS. The predicted octanol–water partition coefficient (Wildman–Crippen LogP) is 1.07. The first-order chi connectivity index (χ1) is 8.13. The largest absolute Gasteiger partial charge is 0.388 e. The van der Waals surface area contributed by atoms with E-state index in [0.717, 1.165) is 12.2 Å².